The Bertz CT molecular complexity index is 2040. The van der Waals surface area contributed by atoms with Gasteiger partial charge in [-0.25, -0.2) is 0 Å². The number of amides is 3. The van der Waals surface area contributed by atoms with Crippen molar-refractivity contribution in [2.45, 2.75) is 64.5 Å². The van der Waals surface area contributed by atoms with Gasteiger partial charge in [-0.2, -0.15) is 8.78 Å². The second kappa shape index (κ2) is 13.9. The predicted molar refractivity (Wildman–Crippen MR) is 189 cm³/mol. The fourth-order valence-electron chi connectivity index (χ4n) is 6.70. The number of carbonyl (C=O) groups excluding carboxylic acids is 3. The summed E-state index contributed by atoms with van der Waals surface area (Å²) in [6, 6.07) is 18.1. The van der Waals surface area contributed by atoms with Gasteiger partial charge in [0.2, 0.25) is 11.8 Å². The zero-order valence-corrected chi connectivity index (χ0v) is 30.3. The summed E-state index contributed by atoms with van der Waals surface area (Å²) in [5.74, 6) is -1.26. The van der Waals surface area contributed by atoms with Crippen LogP contribution in [0.3, 0.4) is 0 Å². The van der Waals surface area contributed by atoms with Crippen molar-refractivity contribution in [3.05, 3.63) is 105 Å². The Morgan fingerprint density at radius 2 is 1.69 bits per heavy atom. The zero-order valence-electron chi connectivity index (χ0n) is 28.6. The molecule has 4 aromatic rings. The summed E-state index contributed by atoms with van der Waals surface area (Å²) in [5, 5.41) is 3.06. The van der Waals surface area contributed by atoms with Crippen molar-refractivity contribution in [1.29, 1.82) is 0 Å². The molecule has 3 atom stereocenters. The third-order valence-electron chi connectivity index (χ3n) is 9.57. The minimum Gasteiger partial charge on any atom is -0.370 e. The quantitative estimate of drug-likeness (QED) is 0.194. The van der Waals surface area contributed by atoms with Gasteiger partial charge in [0.05, 0.1) is 18.0 Å². The molecular weight excluding hydrogens is 699 g/mol. The lowest BCUT2D eigenvalue weighted by Gasteiger charge is -2.43. The van der Waals surface area contributed by atoms with E-state index in [9.17, 15) is 37.5 Å². The number of hydrogen-bond donors (Lipinski definition) is 3. The van der Waals surface area contributed by atoms with Gasteiger partial charge in [-0.3, -0.25) is 18.9 Å². The van der Waals surface area contributed by atoms with Crippen molar-refractivity contribution in [1.82, 2.24) is 15.1 Å². The van der Waals surface area contributed by atoms with Crippen molar-refractivity contribution < 1.29 is 42.3 Å². The van der Waals surface area contributed by atoms with Gasteiger partial charge >= 0.3 is 13.3 Å². The zero-order chi connectivity index (χ0) is 36.9. The van der Waals surface area contributed by atoms with Crippen LogP contribution < -0.4 is 5.32 Å². The molecule has 1 fully saturated rings. The van der Waals surface area contributed by atoms with E-state index >= 15 is 0 Å². The van der Waals surface area contributed by atoms with Crippen LogP contribution in [-0.4, -0.2) is 69.1 Å². The molecule has 1 saturated heterocycles. The minimum absolute atomic E-state index is 0.121. The maximum absolute atomic E-state index is 14.6. The third kappa shape index (κ3) is 7.36. The number of thiophene rings is 1. The molecule has 3 N–H and O–H groups in total. The van der Waals surface area contributed by atoms with E-state index in [1.165, 1.54) is 12.1 Å². The van der Waals surface area contributed by atoms with Gasteiger partial charge in [-0.15, -0.1) is 11.3 Å². The first kappa shape index (κ1) is 36.8. The predicted octanol–water partition coefficient (Wildman–Crippen LogP) is 6.13. The van der Waals surface area contributed by atoms with Crippen LogP contribution in [0.25, 0.3) is 10.1 Å². The second-order valence-corrected chi connectivity index (χ2v) is 16.9. The first-order valence-corrected chi connectivity index (χ1v) is 19.0. The van der Waals surface area contributed by atoms with Gasteiger partial charge in [-0.05, 0) is 58.2 Å². The van der Waals surface area contributed by atoms with E-state index in [-0.39, 0.29) is 28.8 Å². The number of aryl methyl sites for hydroxylation is 1. The number of ether oxygens (including phenoxy) is 1. The molecule has 14 heteroatoms. The average molecular weight is 740 g/mol. The molecule has 2 aliphatic heterocycles. The lowest BCUT2D eigenvalue weighted by atomic mass is 9.84. The first-order valence-electron chi connectivity index (χ1n) is 16.6. The number of alkyl halides is 2. The number of halogens is 2. The van der Waals surface area contributed by atoms with Crippen molar-refractivity contribution in [2.24, 2.45) is 5.41 Å². The number of nitrogens with zero attached hydrogens (tertiary/aromatic N) is 2. The van der Waals surface area contributed by atoms with Crippen LogP contribution in [0.5, 0.6) is 0 Å². The number of rotatable bonds is 7. The van der Waals surface area contributed by atoms with E-state index in [0.717, 1.165) is 45.7 Å². The largest absolute Gasteiger partial charge is 0.399 e. The average Bonchev–Trinajstić information content (AvgIpc) is 3.52. The summed E-state index contributed by atoms with van der Waals surface area (Å²) in [4.78, 5) is 64.6. The number of benzene rings is 3. The molecular formula is C37H40F2N3O7PS. The Morgan fingerprint density at radius 3 is 2.37 bits per heavy atom. The number of carbonyl (C=O) groups is 3. The van der Waals surface area contributed by atoms with Crippen molar-refractivity contribution in [2.75, 3.05) is 19.7 Å². The van der Waals surface area contributed by atoms with Gasteiger partial charge in [0.15, 0.2) is 0 Å². The summed E-state index contributed by atoms with van der Waals surface area (Å²) in [6.07, 6.45) is -0.0125. The molecule has 0 aliphatic carbocycles. The van der Waals surface area contributed by atoms with Crippen molar-refractivity contribution in [3.8, 4) is 0 Å². The third-order valence-corrected chi connectivity index (χ3v) is 11.7. The Morgan fingerprint density at radius 1 is 1.00 bits per heavy atom. The molecule has 2 aliphatic rings. The molecule has 3 amide bonds. The minimum atomic E-state index is -5.79. The molecule has 0 saturated carbocycles. The lowest BCUT2D eigenvalue weighted by Crippen LogP contribution is -2.61. The Hall–Kier alpha value is -4.00. The normalized spacial score (nSPS) is 19.1. The first-order chi connectivity index (χ1) is 24.0. The van der Waals surface area contributed by atoms with Crippen LogP contribution in [0.1, 0.15) is 64.4 Å². The Kier molecular flexibility index (Phi) is 9.99. The summed E-state index contributed by atoms with van der Waals surface area (Å²) < 4.78 is 46.8. The SMILES string of the molecule is Cc1ccccc1C1CN(C(=O)[C@@H]2Cc3ccccc3CN2C(=O)[C@@H](NC(=O)c2cc3cc(C(F)(F)P(=O)(O)O)ccc3s2)C(C)(C)C)CCO1. The summed E-state index contributed by atoms with van der Waals surface area (Å²) in [5.41, 5.74) is -2.15. The summed E-state index contributed by atoms with van der Waals surface area (Å²) >= 11 is 0.998. The highest BCUT2D eigenvalue weighted by molar-refractivity contribution is 7.52. The molecule has 3 heterocycles. The second-order valence-electron chi connectivity index (χ2n) is 14.2. The molecule has 1 unspecified atom stereocenters. The van der Waals surface area contributed by atoms with Gasteiger partial charge in [0.25, 0.3) is 5.91 Å². The summed E-state index contributed by atoms with van der Waals surface area (Å²) in [7, 11) is -5.79. The Balaban J connectivity index is 1.27. The molecule has 1 aromatic heterocycles. The summed E-state index contributed by atoms with van der Waals surface area (Å²) in [6.45, 7) is 8.63. The standard InChI is InChI=1S/C37H40F2N3O7PS/c1-22-9-5-8-12-27(22)29-21-41(15-16-49-29)34(44)28-18-23-10-6-7-11-24(23)20-42(28)35(45)32(36(2,3)4)40-33(43)31-19-25-17-26(13-14-30(25)51-31)37(38,39)50(46,47)48/h5-14,17,19,28-29,32H,15-16,18,20-21H2,1-4H3,(H,40,43)(H2,46,47,48)/t28-,29?,32+/m0/s1. The highest BCUT2D eigenvalue weighted by Crippen LogP contribution is 2.59. The van der Waals surface area contributed by atoms with E-state index < -0.39 is 48.1 Å². The van der Waals surface area contributed by atoms with Gasteiger partial charge in [-0.1, -0.05) is 75.4 Å². The smallest absolute Gasteiger partial charge is 0.370 e. The van der Waals surface area contributed by atoms with Crippen molar-refractivity contribution in [3.63, 3.8) is 0 Å². The molecule has 0 radical (unpaired) electrons. The molecule has 0 bridgehead atoms. The van der Waals surface area contributed by atoms with Crippen LogP contribution in [0, 0.1) is 12.3 Å². The van der Waals surface area contributed by atoms with Crippen LogP contribution in [-0.2, 0) is 37.5 Å². The van der Waals surface area contributed by atoms with Crippen LogP contribution >= 0.6 is 18.9 Å². The van der Waals surface area contributed by atoms with E-state index in [1.807, 2.05) is 55.5 Å². The van der Waals surface area contributed by atoms with E-state index in [2.05, 4.69) is 5.32 Å². The van der Waals surface area contributed by atoms with Crippen LogP contribution in [0.15, 0.2) is 72.8 Å². The molecule has 51 heavy (non-hydrogen) atoms. The van der Waals surface area contributed by atoms with Gasteiger partial charge < -0.3 is 29.6 Å². The van der Waals surface area contributed by atoms with E-state index in [4.69, 9.17) is 4.74 Å². The lowest BCUT2D eigenvalue weighted by molar-refractivity contribution is -0.153. The van der Waals surface area contributed by atoms with Gasteiger partial charge in [0.1, 0.15) is 18.2 Å². The maximum atomic E-state index is 14.6. The highest BCUT2D eigenvalue weighted by Gasteiger charge is 2.50. The van der Waals surface area contributed by atoms with E-state index in [1.54, 1.807) is 30.6 Å². The monoisotopic (exact) mass is 739 g/mol. The number of fused-ring (bicyclic) bond motifs is 2. The molecule has 10 nitrogen and oxygen atoms in total. The fraction of sp³-hybridized carbons (Fsp3) is 0.378. The van der Waals surface area contributed by atoms with Crippen LogP contribution in [0.4, 0.5) is 8.78 Å². The molecule has 0 spiro atoms. The van der Waals surface area contributed by atoms with Crippen molar-refractivity contribution >= 4 is 46.7 Å². The van der Waals surface area contributed by atoms with Crippen LogP contribution in [0.2, 0.25) is 0 Å². The highest BCUT2D eigenvalue weighted by atomic mass is 32.1. The number of hydrogen-bond acceptors (Lipinski definition) is 6. The van der Waals surface area contributed by atoms with E-state index in [0.29, 0.717) is 30.8 Å². The molecule has 6 rings (SSSR count). The Labute approximate surface area is 298 Å². The molecule has 3 aromatic carbocycles. The molecule has 270 valence electrons. The topological polar surface area (TPSA) is 136 Å². The fourth-order valence-corrected chi connectivity index (χ4v) is 8.12. The number of morpholine rings is 1. The maximum Gasteiger partial charge on any atom is 0.399 e. The van der Waals surface area contributed by atoms with Gasteiger partial charge in [0, 0.05) is 29.8 Å². The number of nitrogens with one attached hydrogen (secondary N) is 1.